The van der Waals surface area contributed by atoms with Crippen molar-refractivity contribution < 1.29 is 36.8 Å². The molecule has 0 unspecified atom stereocenters. The Labute approximate surface area is 152 Å². The number of hydrogen-bond donors (Lipinski definition) is 3. The van der Waals surface area contributed by atoms with Crippen LogP contribution >= 0.6 is 0 Å². The van der Waals surface area contributed by atoms with Crippen molar-refractivity contribution in [3.05, 3.63) is 17.5 Å². The van der Waals surface area contributed by atoms with Crippen molar-refractivity contribution in [2.45, 2.75) is 12.1 Å². The van der Waals surface area contributed by atoms with E-state index < -0.39 is 41.1 Å². The molecule has 1 aromatic rings. The number of likely N-dealkylation sites (N-methyl/N-ethyl adjacent to an activating group) is 1. The Hall–Kier alpha value is -2.91. The number of aliphatic carboxylic acids is 1. The predicted molar refractivity (Wildman–Crippen MR) is 85.3 cm³/mol. The van der Waals surface area contributed by atoms with Crippen LogP contribution in [0.2, 0.25) is 0 Å². The van der Waals surface area contributed by atoms with Crippen LogP contribution in [0.5, 0.6) is 0 Å². The summed E-state index contributed by atoms with van der Waals surface area (Å²) in [5.41, 5.74) is 0.975. The average molecular weight is 404 g/mol. The van der Waals surface area contributed by atoms with Crippen molar-refractivity contribution in [1.82, 2.24) is 25.1 Å². The number of carboxylic acid groups (broad SMARTS) is 1. The first-order valence-corrected chi connectivity index (χ1v) is 8.88. The number of oxime groups is 1. The third kappa shape index (κ3) is 3.38. The predicted octanol–water partition coefficient (Wildman–Crippen LogP) is -1.38. The normalized spacial score (nSPS) is 22.0. The van der Waals surface area contributed by atoms with Gasteiger partial charge in [0.15, 0.2) is 5.84 Å². The Morgan fingerprint density at radius 3 is 2.81 bits per heavy atom. The van der Waals surface area contributed by atoms with E-state index in [1.165, 1.54) is 22.8 Å². The zero-order valence-corrected chi connectivity index (χ0v) is 15.0. The molecular formula is C12H16N6O8S. The number of aryl methyl sites for hydroxylation is 1. The Balaban J connectivity index is 2.03. The largest absolute Gasteiger partial charge is 0.479 e. The number of carbonyl (C=O) groups is 2. The summed E-state index contributed by atoms with van der Waals surface area (Å²) < 4.78 is 37.1. The van der Waals surface area contributed by atoms with Crippen molar-refractivity contribution in [1.29, 1.82) is 0 Å². The molecule has 0 aliphatic carbocycles. The Kier molecular flexibility index (Phi) is 4.66. The lowest BCUT2D eigenvalue weighted by Crippen LogP contribution is -2.43. The molecule has 0 radical (unpaired) electrons. The van der Waals surface area contributed by atoms with E-state index in [4.69, 9.17) is 14.5 Å². The molecule has 3 N–H and O–H groups in total. The number of nitrogens with one attached hydrogen (secondary N) is 1. The van der Waals surface area contributed by atoms with E-state index in [1.54, 1.807) is 7.05 Å². The zero-order chi connectivity index (χ0) is 19.9. The first-order chi connectivity index (χ1) is 12.6. The highest BCUT2D eigenvalue weighted by Gasteiger charge is 2.53. The lowest BCUT2D eigenvalue weighted by Gasteiger charge is -2.31. The molecule has 2 aliphatic heterocycles. The van der Waals surface area contributed by atoms with Gasteiger partial charge in [0.05, 0.1) is 18.4 Å². The lowest BCUT2D eigenvalue weighted by atomic mass is 9.97. The molecule has 2 aliphatic rings. The monoisotopic (exact) mass is 404 g/mol. The second-order valence-corrected chi connectivity index (χ2v) is 6.69. The van der Waals surface area contributed by atoms with Gasteiger partial charge in [-0.05, 0) is 0 Å². The average Bonchev–Trinajstić information content (AvgIpc) is 3.07. The minimum absolute atomic E-state index is 0.0251. The molecule has 1 aromatic heterocycles. The summed E-state index contributed by atoms with van der Waals surface area (Å²) in [6.07, 6.45) is 1.44. The number of carbonyl (C=O) groups excluding carboxylic acids is 1. The number of urea groups is 1. The van der Waals surface area contributed by atoms with Crippen LogP contribution in [0.3, 0.4) is 0 Å². The van der Waals surface area contributed by atoms with E-state index >= 15 is 0 Å². The second kappa shape index (κ2) is 6.67. The second-order valence-electron chi connectivity index (χ2n) is 5.68. The van der Waals surface area contributed by atoms with Gasteiger partial charge in [0, 0.05) is 19.7 Å². The van der Waals surface area contributed by atoms with E-state index in [2.05, 4.69) is 19.9 Å². The van der Waals surface area contributed by atoms with Crippen molar-refractivity contribution in [3.63, 3.8) is 0 Å². The first kappa shape index (κ1) is 18.9. The molecule has 15 heteroatoms. The van der Waals surface area contributed by atoms with Crippen LogP contribution < -0.4 is 5.32 Å². The number of amides is 2. The molecule has 3 heterocycles. The van der Waals surface area contributed by atoms with Crippen LogP contribution in [0, 0.1) is 0 Å². The molecule has 0 aromatic carbocycles. The summed E-state index contributed by atoms with van der Waals surface area (Å²) in [7, 11) is -1.82. The number of carboxylic acids is 1. The summed E-state index contributed by atoms with van der Waals surface area (Å²) >= 11 is 0. The highest BCUT2D eigenvalue weighted by molar-refractivity contribution is 7.80. The molecule has 0 spiro atoms. The van der Waals surface area contributed by atoms with Gasteiger partial charge in [0.25, 0.3) is 0 Å². The van der Waals surface area contributed by atoms with Gasteiger partial charge in [-0.25, -0.2) is 9.59 Å². The fraction of sp³-hybridized carbons (Fsp3) is 0.500. The summed E-state index contributed by atoms with van der Waals surface area (Å²) in [4.78, 5) is 29.3. The molecule has 2 bridgehead atoms. The van der Waals surface area contributed by atoms with Crippen molar-refractivity contribution in [3.8, 4) is 0 Å². The molecule has 0 saturated carbocycles. The van der Waals surface area contributed by atoms with E-state index in [0.29, 0.717) is 16.3 Å². The van der Waals surface area contributed by atoms with Crippen LogP contribution in [0.25, 0.3) is 0 Å². The molecule has 2 amide bonds. The third-order valence-electron chi connectivity index (χ3n) is 4.07. The molecule has 27 heavy (non-hydrogen) atoms. The highest BCUT2D eigenvalue weighted by atomic mass is 32.3. The van der Waals surface area contributed by atoms with E-state index in [0.717, 1.165) is 0 Å². The smallest absolute Gasteiger partial charge is 0.418 e. The van der Waals surface area contributed by atoms with Gasteiger partial charge in [-0.2, -0.15) is 18.6 Å². The van der Waals surface area contributed by atoms with Gasteiger partial charge in [-0.15, -0.1) is 4.28 Å². The molecule has 1 saturated heterocycles. The fourth-order valence-corrected chi connectivity index (χ4v) is 3.46. The number of rotatable bonds is 6. The fourth-order valence-electron chi connectivity index (χ4n) is 3.09. The minimum atomic E-state index is -4.93. The molecule has 14 nitrogen and oxygen atoms in total. The number of aromatic nitrogens is 2. The maximum Gasteiger partial charge on any atom is 0.418 e. The molecular weight excluding hydrogens is 388 g/mol. The van der Waals surface area contributed by atoms with Gasteiger partial charge in [0.1, 0.15) is 12.1 Å². The van der Waals surface area contributed by atoms with Gasteiger partial charge >= 0.3 is 22.4 Å². The van der Waals surface area contributed by atoms with Crippen molar-refractivity contribution in [2.24, 2.45) is 12.2 Å². The first-order valence-electron chi connectivity index (χ1n) is 7.52. The Bertz CT molecular complexity index is 911. The standard InChI is InChI=1S/C12H16N6O8S/c1-13-11(15-25-5-8(19)20)10-9-6(3-14-16(9)2)7-4-17(10)12(21)18(7)26-27(22,23)24/h3,7,10H,4-5H2,1-2H3,(H,13,15)(H,19,20)(H,22,23,24)/t7-,10-/m0/s1. The number of fused-ring (bicyclic) bond motifs is 4. The van der Waals surface area contributed by atoms with Crippen LogP contribution in [0.15, 0.2) is 11.4 Å². The quantitative estimate of drug-likeness (QED) is 0.222. The molecule has 1 fully saturated rings. The topological polar surface area (TPSA) is 176 Å². The van der Waals surface area contributed by atoms with Gasteiger partial charge < -0.3 is 20.2 Å². The van der Waals surface area contributed by atoms with E-state index in [1.807, 2.05) is 0 Å². The Morgan fingerprint density at radius 2 is 2.22 bits per heavy atom. The van der Waals surface area contributed by atoms with Crippen LogP contribution in [-0.2, 0) is 31.4 Å². The lowest BCUT2D eigenvalue weighted by molar-refractivity contribution is -0.142. The van der Waals surface area contributed by atoms with E-state index in [-0.39, 0.29) is 12.4 Å². The van der Waals surface area contributed by atoms with Crippen LogP contribution in [0.1, 0.15) is 23.3 Å². The van der Waals surface area contributed by atoms with Crippen LogP contribution in [-0.4, -0.2) is 75.9 Å². The molecule has 3 rings (SSSR count). The Morgan fingerprint density at radius 1 is 1.52 bits per heavy atom. The maximum atomic E-state index is 12.7. The van der Waals surface area contributed by atoms with E-state index in [9.17, 15) is 18.0 Å². The zero-order valence-electron chi connectivity index (χ0n) is 14.1. The number of nitrogens with zero attached hydrogens (tertiary/aromatic N) is 5. The number of hydroxylamine groups is 2. The SMILES string of the molecule is CN/C(=N\OCC(=O)O)[C@@H]1c2c(cnn2C)[C@@H]2CN1C(=O)N2OS(=O)(=O)O. The number of hydrogen-bond acceptors (Lipinski definition) is 8. The summed E-state index contributed by atoms with van der Waals surface area (Å²) in [6, 6.07) is -2.53. The van der Waals surface area contributed by atoms with Gasteiger partial charge in [-0.3, -0.25) is 9.23 Å². The highest BCUT2D eigenvalue weighted by Crippen LogP contribution is 2.44. The van der Waals surface area contributed by atoms with Crippen molar-refractivity contribution in [2.75, 3.05) is 20.2 Å². The summed E-state index contributed by atoms with van der Waals surface area (Å²) in [6.45, 7) is -0.665. The van der Waals surface area contributed by atoms with Crippen molar-refractivity contribution >= 4 is 28.2 Å². The maximum absolute atomic E-state index is 12.7. The van der Waals surface area contributed by atoms with Gasteiger partial charge in [-0.1, -0.05) is 5.16 Å². The molecule has 2 atom stereocenters. The van der Waals surface area contributed by atoms with Crippen LogP contribution in [0.4, 0.5) is 4.79 Å². The molecule has 148 valence electrons. The number of amidine groups is 1. The summed E-state index contributed by atoms with van der Waals surface area (Å²) in [5, 5.41) is 19.8. The minimum Gasteiger partial charge on any atom is -0.479 e. The third-order valence-corrected chi connectivity index (χ3v) is 4.42. The summed E-state index contributed by atoms with van der Waals surface area (Å²) in [5.74, 6) is -1.13. The van der Waals surface area contributed by atoms with Gasteiger partial charge in [0.2, 0.25) is 6.61 Å².